The van der Waals surface area contributed by atoms with Crippen LogP contribution in [0.2, 0.25) is 0 Å². The monoisotopic (exact) mass is 616 g/mol. The van der Waals surface area contributed by atoms with Crippen molar-refractivity contribution < 1.29 is 26.3 Å². The number of rotatable bonds is 6. The molecule has 44 heavy (non-hydrogen) atoms. The van der Waals surface area contributed by atoms with Crippen molar-refractivity contribution in [2.24, 2.45) is 0 Å². The van der Waals surface area contributed by atoms with Gasteiger partial charge in [-0.1, -0.05) is 62.4 Å². The lowest BCUT2D eigenvalue weighted by Crippen LogP contribution is -2.54. The van der Waals surface area contributed by atoms with E-state index in [9.17, 15) is 26.3 Å². The third-order valence-corrected chi connectivity index (χ3v) is 7.72. The van der Waals surface area contributed by atoms with Gasteiger partial charge in [0.2, 0.25) is 5.41 Å². The van der Waals surface area contributed by atoms with E-state index in [1.54, 1.807) is 0 Å². The molecule has 0 spiro atoms. The van der Waals surface area contributed by atoms with E-state index in [1.165, 1.54) is 45.5 Å². The van der Waals surface area contributed by atoms with E-state index in [1.807, 2.05) is 0 Å². The Morgan fingerprint density at radius 3 is 1.20 bits per heavy atom. The van der Waals surface area contributed by atoms with Crippen molar-refractivity contribution in [3.63, 3.8) is 0 Å². The Labute approximate surface area is 254 Å². The second-order valence-corrected chi connectivity index (χ2v) is 10.9. The lowest BCUT2D eigenvalue weighted by atomic mass is 9.72. The second kappa shape index (κ2) is 13.1. The highest BCUT2D eigenvalue weighted by molar-refractivity contribution is 5.58. The summed E-state index contributed by atoms with van der Waals surface area (Å²) in [7, 11) is 0. The molecule has 8 N–H and O–H groups in total. The molecule has 0 aliphatic heterocycles. The van der Waals surface area contributed by atoms with Crippen molar-refractivity contribution in [1.82, 2.24) is 0 Å². The number of nitrogen functional groups attached to an aromatic ring is 4. The fraction of sp³-hybridized carbons (Fsp3) is 0.294. The number of benzene rings is 4. The van der Waals surface area contributed by atoms with Crippen LogP contribution in [0.3, 0.4) is 0 Å². The molecule has 0 radical (unpaired) electrons. The van der Waals surface area contributed by atoms with E-state index >= 15 is 0 Å². The minimum atomic E-state index is -5.65. The zero-order chi connectivity index (χ0) is 33.0. The highest BCUT2D eigenvalue weighted by atomic mass is 19.4. The molecule has 236 valence electrons. The van der Waals surface area contributed by atoms with Crippen LogP contribution in [0, 0.1) is 13.8 Å². The van der Waals surface area contributed by atoms with Crippen LogP contribution < -0.4 is 22.9 Å². The quantitative estimate of drug-likeness (QED) is 0.129. The third kappa shape index (κ3) is 6.90. The van der Waals surface area contributed by atoms with Gasteiger partial charge in [-0.05, 0) is 102 Å². The highest BCUT2D eigenvalue weighted by Crippen LogP contribution is 2.56. The van der Waals surface area contributed by atoms with Gasteiger partial charge in [-0.15, -0.1) is 0 Å². The summed E-state index contributed by atoms with van der Waals surface area (Å²) in [6.07, 6.45) is -8.41. The van der Waals surface area contributed by atoms with E-state index in [2.05, 4.69) is 52.0 Å². The van der Waals surface area contributed by atoms with Gasteiger partial charge < -0.3 is 22.9 Å². The molecule has 0 aliphatic rings. The van der Waals surface area contributed by atoms with Crippen LogP contribution in [-0.2, 0) is 24.7 Å². The highest BCUT2D eigenvalue weighted by Gasteiger charge is 2.72. The molecule has 0 aliphatic carbocycles. The maximum Gasteiger partial charge on any atom is 0.411 e. The number of halogens is 6. The Bertz CT molecular complexity index is 1490. The number of alkyl halides is 6. The summed E-state index contributed by atoms with van der Waals surface area (Å²) in [4.78, 5) is 0. The van der Waals surface area contributed by atoms with E-state index in [0.29, 0.717) is 12.1 Å². The van der Waals surface area contributed by atoms with Gasteiger partial charge in [0.05, 0.1) is 0 Å². The number of hydrogen-bond donors (Lipinski definition) is 4. The first-order valence-corrected chi connectivity index (χ1v) is 14.1. The molecule has 4 aromatic rings. The summed E-state index contributed by atoms with van der Waals surface area (Å²) in [6, 6.07) is 16.2. The first kappa shape index (κ1) is 34.2. The SMILES string of the molecule is CCc1cc(Cc2cc(C)c(N)c(CC)c2)cc(C)c1N.Nc1cccc(C(c2cccc(N)c2)(C(F)(F)F)C(F)(F)F)c1. The Kier molecular flexibility index (Phi) is 10.2. The van der Waals surface area contributed by atoms with Gasteiger partial charge in [-0.25, -0.2) is 0 Å². The number of hydrogen-bond acceptors (Lipinski definition) is 4. The number of nitrogens with two attached hydrogens (primary N) is 4. The topological polar surface area (TPSA) is 104 Å². The van der Waals surface area contributed by atoms with Gasteiger partial charge in [-0.3, -0.25) is 0 Å². The Hall–Kier alpha value is -4.34. The minimum Gasteiger partial charge on any atom is -0.399 e. The first-order valence-electron chi connectivity index (χ1n) is 14.1. The molecular formula is C34H38F6N4. The third-order valence-electron chi connectivity index (χ3n) is 7.72. The fourth-order valence-electron chi connectivity index (χ4n) is 5.46. The minimum absolute atomic E-state index is 0.204. The van der Waals surface area contributed by atoms with Crippen LogP contribution in [0.15, 0.2) is 72.8 Å². The van der Waals surface area contributed by atoms with E-state index in [0.717, 1.165) is 54.9 Å². The smallest absolute Gasteiger partial charge is 0.399 e. The van der Waals surface area contributed by atoms with Crippen LogP contribution in [0.25, 0.3) is 0 Å². The van der Waals surface area contributed by atoms with Crippen molar-refractivity contribution >= 4 is 22.7 Å². The molecule has 0 amide bonds. The number of anilines is 4. The molecule has 0 saturated heterocycles. The van der Waals surface area contributed by atoms with Gasteiger partial charge in [0, 0.05) is 22.7 Å². The van der Waals surface area contributed by atoms with Crippen molar-refractivity contribution in [3.8, 4) is 0 Å². The van der Waals surface area contributed by atoms with Gasteiger partial charge in [-0.2, -0.15) is 26.3 Å². The van der Waals surface area contributed by atoms with E-state index < -0.39 is 28.9 Å². The van der Waals surface area contributed by atoms with Crippen LogP contribution in [-0.4, -0.2) is 12.4 Å². The lowest BCUT2D eigenvalue weighted by Gasteiger charge is -2.38. The molecule has 0 unspecified atom stereocenters. The van der Waals surface area contributed by atoms with Crippen LogP contribution in [0.1, 0.15) is 58.4 Å². The van der Waals surface area contributed by atoms with Gasteiger partial charge >= 0.3 is 12.4 Å². The zero-order valence-corrected chi connectivity index (χ0v) is 25.1. The summed E-state index contributed by atoms with van der Waals surface area (Å²) in [5, 5.41) is 0. The van der Waals surface area contributed by atoms with Gasteiger partial charge in [0.15, 0.2) is 0 Å². The summed E-state index contributed by atoms with van der Waals surface area (Å²) >= 11 is 0. The predicted octanol–water partition coefficient (Wildman–Crippen LogP) is 8.45. The van der Waals surface area contributed by atoms with Crippen LogP contribution >= 0.6 is 0 Å². The molecule has 4 nitrogen and oxygen atoms in total. The molecule has 0 fully saturated rings. The Morgan fingerprint density at radius 2 is 0.909 bits per heavy atom. The summed E-state index contributed by atoms with van der Waals surface area (Å²) < 4.78 is 82.2. The molecule has 0 bridgehead atoms. The van der Waals surface area contributed by atoms with Crippen molar-refractivity contribution in [2.75, 3.05) is 22.9 Å². The molecule has 0 atom stereocenters. The van der Waals surface area contributed by atoms with Crippen LogP contribution in [0.5, 0.6) is 0 Å². The molecule has 4 aromatic carbocycles. The summed E-state index contributed by atoms with van der Waals surface area (Å²) in [6.45, 7) is 8.47. The largest absolute Gasteiger partial charge is 0.411 e. The number of aryl methyl sites for hydroxylation is 4. The van der Waals surface area contributed by atoms with E-state index in [4.69, 9.17) is 22.9 Å². The maximum atomic E-state index is 13.7. The van der Waals surface area contributed by atoms with Crippen molar-refractivity contribution in [3.05, 3.63) is 117 Å². The summed E-state index contributed by atoms with van der Waals surface area (Å²) in [5.41, 5.74) is 25.7. The van der Waals surface area contributed by atoms with Gasteiger partial charge in [0.25, 0.3) is 0 Å². The van der Waals surface area contributed by atoms with E-state index in [-0.39, 0.29) is 11.4 Å². The first-order chi connectivity index (χ1) is 20.5. The average molecular weight is 617 g/mol. The molecule has 10 heteroatoms. The summed E-state index contributed by atoms with van der Waals surface area (Å²) in [5.74, 6) is 0. The molecule has 0 saturated carbocycles. The molecule has 4 rings (SSSR count). The average Bonchev–Trinajstić information content (AvgIpc) is 2.91. The van der Waals surface area contributed by atoms with Gasteiger partial charge in [0.1, 0.15) is 0 Å². The molecule has 0 heterocycles. The fourth-order valence-corrected chi connectivity index (χ4v) is 5.46. The van der Waals surface area contributed by atoms with Crippen molar-refractivity contribution in [1.29, 1.82) is 0 Å². The maximum absolute atomic E-state index is 13.7. The Balaban J connectivity index is 0.000000241. The normalized spacial score (nSPS) is 12.0. The Morgan fingerprint density at radius 1 is 0.545 bits per heavy atom. The lowest BCUT2D eigenvalue weighted by molar-refractivity contribution is -0.288. The zero-order valence-electron chi connectivity index (χ0n) is 25.1. The standard InChI is InChI=1S/C19H26N2.C15H12F6N2/c1-5-16-10-14(7-12(3)18(16)20)9-15-8-13(4)19(21)17(6-2)11-15;16-14(17,18)13(15(19,20)21,9-3-1-5-11(22)7-9)10-4-2-6-12(23)8-10/h7-8,10-11H,5-6,9,20-21H2,1-4H3;1-8H,22-23H2. The predicted molar refractivity (Wildman–Crippen MR) is 167 cm³/mol. The van der Waals surface area contributed by atoms with Crippen LogP contribution in [0.4, 0.5) is 49.1 Å². The van der Waals surface area contributed by atoms with Crippen molar-refractivity contribution in [2.45, 2.75) is 64.7 Å². The second-order valence-electron chi connectivity index (χ2n) is 10.9. The molecular weight excluding hydrogens is 578 g/mol. The molecule has 0 aromatic heterocycles.